The number of nitrogens with zero attached hydrogens (tertiary/aromatic N) is 4. The maximum atomic E-state index is 11.1. The molecule has 0 spiro atoms. The van der Waals surface area contributed by atoms with Crippen molar-refractivity contribution in [3.8, 4) is 0 Å². The first-order valence-corrected chi connectivity index (χ1v) is 8.25. The quantitative estimate of drug-likeness (QED) is 0.870. The molecule has 2 atom stereocenters. The molecule has 3 aliphatic heterocycles. The van der Waals surface area contributed by atoms with Gasteiger partial charge >= 0.3 is 0 Å². The van der Waals surface area contributed by atoms with Crippen molar-refractivity contribution in [2.24, 2.45) is 0 Å². The van der Waals surface area contributed by atoms with E-state index in [1.807, 2.05) is 12.4 Å². The van der Waals surface area contributed by atoms with E-state index in [0.29, 0.717) is 26.1 Å². The third-order valence-corrected chi connectivity index (χ3v) is 5.48. The van der Waals surface area contributed by atoms with Crippen LogP contribution in [0.5, 0.6) is 0 Å². The van der Waals surface area contributed by atoms with Gasteiger partial charge in [-0.05, 0) is 32.7 Å². The van der Waals surface area contributed by atoms with Gasteiger partial charge < -0.3 is 14.7 Å². The summed E-state index contributed by atoms with van der Waals surface area (Å²) in [6.45, 7) is 3.47. The number of fused-ring (bicyclic) bond motifs is 2. The van der Waals surface area contributed by atoms with E-state index in [0.717, 1.165) is 24.6 Å². The Balaban J connectivity index is 1.55. The van der Waals surface area contributed by atoms with Gasteiger partial charge in [-0.2, -0.15) is 0 Å². The van der Waals surface area contributed by atoms with Crippen molar-refractivity contribution >= 4 is 5.95 Å². The Morgan fingerprint density at radius 1 is 1.14 bits per heavy atom. The highest BCUT2D eigenvalue weighted by Gasteiger charge is 2.45. The average Bonchev–Trinajstić information content (AvgIpc) is 3.04. The van der Waals surface area contributed by atoms with E-state index >= 15 is 0 Å². The molecule has 0 radical (unpaired) electrons. The Bertz CT molecular complexity index is 515. The van der Waals surface area contributed by atoms with Crippen LogP contribution in [0.2, 0.25) is 0 Å². The van der Waals surface area contributed by atoms with Gasteiger partial charge in [0.15, 0.2) is 0 Å². The SMILES string of the molecule is CN1C2COCC1CC(O)(c1cnc(N3CCCC3)nc1)C2. The van der Waals surface area contributed by atoms with Crippen LogP contribution in [0.4, 0.5) is 5.95 Å². The van der Waals surface area contributed by atoms with Gasteiger partial charge in [0.05, 0.1) is 18.8 Å². The zero-order valence-corrected chi connectivity index (χ0v) is 13.1. The molecule has 6 heteroatoms. The number of anilines is 1. The van der Waals surface area contributed by atoms with Crippen LogP contribution in [-0.2, 0) is 10.3 Å². The van der Waals surface area contributed by atoms with E-state index in [1.54, 1.807) is 0 Å². The van der Waals surface area contributed by atoms with Crippen molar-refractivity contribution in [2.75, 3.05) is 38.3 Å². The van der Waals surface area contributed by atoms with Crippen LogP contribution >= 0.6 is 0 Å². The third-order valence-electron chi connectivity index (χ3n) is 5.48. The second-order valence-corrected chi connectivity index (χ2v) is 6.92. The molecule has 1 aromatic heterocycles. The molecular formula is C16H24N4O2. The molecule has 0 aliphatic carbocycles. The van der Waals surface area contributed by atoms with Gasteiger partial charge in [0.2, 0.25) is 5.95 Å². The van der Waals surface area contributed by atoms with Crippen LogP contribution in [-0.4, -0.2) is 65.4 Å². The van der Waals surface area contributed by atoms with Crippen molar-refractivity contribution in [3.63, 3.8) is 0 Å². The number of rotatable bonds is 2. The number of likely N-dealkylation sites (N-methyl/N-ethyl adjacent to an activating group) is 1. The predicted molar refractivity (Wildman–Crippen MR) is 82.8 cm³/mol. The van der Waals surface area contributed by atoms with Crippen LogP contribution in [0, 0.1) is 0 Å². The number of aromatic nitrogens is 2. The summed E-state index contributed by atoms with van der Waals surface area (Å²) in [5, 5.41) is 11.1. The minimum absolute atomic E-state index is 0.274. The molecule has 6 nitrogen and oxygen atoms in total. The second-order valence-electron chi connectivity index (χ2n) is 6.92. The van der Waals surface area contributed by atoms with E-state index in [9.17, 15) is 5.11 Å². The molecule has 0 saturated carbocycles. The molecule has 0 amide bonds. The largest absolute Gasteiger partial charge is 0.385 e. The maximum Gasteiger partial charge on any atom is 0.225 e. The van der Waals surface area contributed by atoms with Crippen molar-refractivity contribution in [1.29, 1.82) is 0 Å². The summed E-state index contributed by atoms with van der Waals surface area (Å²) in [5.74, 6) is 0.793. The van der Waals surface area contributed by atoms with Crippen LogP contribution in [0.15, 0.2) is 12.4 Å². The van der Waals surface area contributed by atoms with E-state index < -0.39 is 5.60 Å². The lowest BCUT2D eigenvalue weighted by Gasteiger charge is -2.50. The second kappa shape index (κ2) is 5.44. The Morgan fingerprint density at radius 3 is 2.32 bits per heavy atom. The molecule has 3 fully saturated rings. The third kappa shape index (κ3) is 2.39. The van der Waals surface area contributed by atoms with Gasteiger partial charge in [0, 0.05) is 43.1 Å². The van der Waals surface area contributed by atoms with E-state index in [4.69, 9.17) is 4.74 Å². The molecule has 2 unspecified atom stereocenters. The van der Waals surface area contributed by atoms with Gasteiger partial charge in [-0.15, -0.1) is 0 Å². The minimum atomic E-state index is -0.824. The first-order chi connectivity index (χ1) is 10.7. The average molecular weight is 304 g/mol. The van der Waals surface area contributed by atoms with Crippen molar-refractivity contribution in [3.05, 3.63) is 18.0 Å². The van der Waals surface area contributed by atoms with Crippen molar-refractivity contribution in [2.45, 2.75) is 43.4 Å². The van der Waals surface area contributed by atoms with Gasteiger partial charge in [-0.3, -0.25) is 4.90 Å². The first kappa shape index (κ1) is 14.4. The molecule has 1 aromatic rings. The number of hydrogen-bond acceptors (Lipinski definition) is 6. The molecule has 3 saturated heterocycles. The lowest BCUT2D eigenvalue weighted by molar-refractivity contribution is -0.138. The summed E-state index contributed by atoms with van der Waals surface area (Å²) in [6, 6.07) is 0.548. The molecule has 2 bridgehead atoms. The molecule has 3 aliphatic rings. The van der Waals surface area contributed by atoms with E-state index in [1.165, 1.54) is 12.8 Å². The number of aliphatic hydroxyl groups is 1. The standard InChI is InChI=1S/C16H24N4O2/c1-19-13-6-16(21,7-14(19)11-22-10-13)12-8-17-15(18-9-12)20-4-2-3-5-20/h8-9,13-14,21H,2-7,10-11H2,1H3. The zero-order valence-electron chi connectivity index (χ0n) is 13.1. The van der Waals surface area contributed by atoms with Crippen LogP contribution < -0.4 is 4.90 Å². The normalized spacial score (nSPS) is 35.8. The summed E-state index contributed by atoms with van der Waals surface area (Å²) in [6.07, 6.45) is 7.44. The highest BCUT2D eigenvalue weighted by molar-refractivity contribution is 5.32. The molecule has 4 rings (SSSR count). The number of hydrogen-bond donors (Lipinski definition) is 1. The molecular weight excluding hydrogens is 280 g/mol. The van der Waals surface area contributed by atoms with Crippen LogP contribution in [0.1, 0.15) is 31.2 Å². The van der Waals surface area contributed by atoms with Gasteiger partial charge in [0.25, 0.3) is 0 Å². The van der Waals surface area contributed by atoms with Crippen LogP contribution in [0.25, 0.3) is 0 Å². The number of ether oxygens (including phenoxy) is 1. The fourth-order valence-corrected chi connectivity index (χ4v) is 4.02. The summed E-state index contributed by atoms with van der Waals surface area (Å²) in [7, 11) is 2.13. The van der Waals surface area contributed by atoms with E-state index in [2.05, 4.69) is 26.8 Å². The lowest BCUT2D eigenvalue weighted by Crippen LogP contribution is -2.59. The first-order valence-electron chi connectivity index (χ1n) is 8.25. The van der Waals surface area contributed by atoms with Gasteiger partial charge in [0.1, 0.15) is 0 Å². The molecule has 4 heterocycles. The Kier molecular flexibility index (Phi) is 3.55. The molecule has 1 N–H and O–H groups in total. The summed E-state index contributed by atoms with van der Waals surface area (Å²) in [5.41, 5.74) is 0.0234. The number of piperidine rings is 1. The van der Waals surface area contributed by atoms with E-state index in [-0.39, 0.29) is 12.1 Å². The zero-order chi connectivity index (χ0) is 15.2. The Hall–Kier alpha value is -1.24. The lowest BCUT2D eigenvalue weighted by atomic mass is 9.78. The van der Waals surface area contributed by atoms with Gasteiger partial charge in [-0.1, -0.05) is 0 Å². The topological polar surface area (TPSA) is 61.7 Å². The van der Waals surface area contributed by atoms with Crippen molar-refractivity contribution < 1.29 is 9.84 Å². The Labute approximate surface area is 131 Å². The monoisotopic (exact) mass is 304 g/mol. The fraction of sp³-hybridized carbons (Fsp3) is 0.750. The molecule has 22 heavy (non-hydrogen) atoms. The van der Waals surface area contributed by atoms with Crippen molar-refractivity contribution in [1.82, 2.24) is 14.9 Å². The highest BCUT2D eigenvalue weighted by atomic mass is 16.5. The smallest absolute Gasteiger partial charge is 0.225 e. The number of morpholine rings is 1. The summed E-state index contributed by atoms with van der Waals surface area (Å²) in [4.78, 5) is 13.6. The summed E-state index contributed by atoms with van der Waals surface area (Å²) >= 11 is 0. The predicted octanol–water partition coefficient (Wildman–Crippen LogP) is 0.757. The minimum Gasteiger partial charge on any atom is -0.385 e. The van der Waals surface area contributed by atoms with Crippen LogP contribution in [0.3, 0.4) is 0 Å². The summed E-state index contributed by atoms with van der Waals surface area (Å²) < 4.78 is 5.63. The molecule has 120 valence electrons. The fourth-order valence-electron chi connectivity index (χ4n) is 4.02. The Morgan fingerprint density at radius 2 is 1.73 bits per heavy atom. The highest BCUT2D eigenvalue weighted by Crippen LogP contribution is 2.40. The maximum absolute atomic E-state index is 11.1. The molecule has 0 aromatic carbocycles. The van der Waals surface area contributed by atoms with Gasteiger partial charge in [-0.25, -0.2) is 9.97 Å².